The van der Waals surface area contributed by atoms with E-state index in [0.29, 0.717) is 0 Å². The number of aliphatic hydroxyl groups excluding tert-OH is 1. The Morgan fingerprint density at radius 3 is 2.52 bits per heavy atom. The molecule has 0 aromatic heterocycles. The van der Waals surface area contributed by atoms with E-state index in [2.05, 4.69) is 28.9 Å². The Bertz CT molecular complexity index is 650. The number of hydrogen-bond acceptors (Lipinski definition) is 2. The first-order valence-corrected chi connectivity index (χ1v) is 7.90. The summed E-state index contributed by atoms with van der Waals surface area (Å²) in [5.41, 5.74) is 4.96. The molecule has 21 heavy (non-hydrogen) atoms. The zero-order chi connectivity index (χ0) is 15.6. The Morgan fingerprint density at radius 1 is 1.24 bits per heavy atom. The van der Waals surface area contributed by atoms with Crippen molar-refractivity contribution >= 4 is 15.9 Å². The van der Waals surface area contributed by atoms with Crippen LogP contribution in [0.1, 0.15) is 40.8 Å². The molecule has 1 atom stereocenters. The molecule has 2 rings (SSSR count). The van der Waals surface area contributed by atoms with E-state index in [1.165, 1.54) is 0 Å². The molecule has 0 fully saturated rings. The fraction of sp³-hybridized carbons (Fsp3) is 0.333. The van der Waals surface area contributed by atoms with Gasteiger partial charge in [0.1, 0.15) is 11.9 Å². The molecule has 2 nitrogen and oxygen atoms in total. The van der Waals surface area contributed by atoms with E-state index in [4.69, 9.17) is 4.74 Å². The Hall–Kier alpha value is -1.32. The highest BCUT2D eigenvalue weighted by molar-refractivity contribution is 9.10. The molecule has 112 valence electrons. The van der Waals surface area contributed by atoms with E-state index < -0.39 is 6.10 Å². The molecule has 0 amide bonds. The van der Waals surface area contributed by atoms with Gasteiger partial charge < -0.3 is 9.84 Å². The summed E-state index contributed by atoms with van der Waals surface area (Å²) < 4.78 is 6.54. The molecule has 0 radical (unpaired) electrons. The van der Waals surface area contributed by atoms with Gasteiger partial charge in [-0.25, -0.2) is 0 Å². The Kier molecular flexibility index (Phi) is 5.07. The summed E-state index contributed by atoms with van der Waals surface area (Å²) in [7, 11) is 1.65. The summed E-state index contributed by atoms with van der Waals surface area (Å²) in [6.45, 7) is 6.09. The quantitative estimate of drug-likeness (QED) is 0.866. The SMILES string of the molecule is CCc1ccccc1C(O)c1c(C)c(Br)cc(C)c1OC. The fourth-order valence-corrected chi connectivity index (χ4v) is 3.31. The normalized spacial score (nSPS) is 12.3. The topological polar surface area (TPSA) is 29.5 Å². The molecule has 0 aliphatic heterocycles. The molecule has 0 aliphatic carbocycles. The van der Waals surface area contributed by atoms with Crippen LogP contribution in [0.3, 0.4) is 0 Å². The molecule has 0 bridgehead atoms. The number of benzene rings is 2. The maximum Gasteiger partial charge on any atom is 0.128 e. The molecule has 3 heteroatoms. The van der Waals surface area contributed by atoms with E-state index in [1.54, 1.807) is 7.11 Å². The van der Waals surface area contributed by atoms with Crippen molar-refractivity contribution < 1.29 is 9.84 Å². The van der Waals surface area contributed by atoms with Crippen molar-refractivity contribution in [2.45, 2.75) is 33.3 Å². The molecule has 1 unspecified atom stereocenters. The maximum absolute atomic E-state index is 10.9. The maximum atomic E-state index is 10.9. The highest BCUT2D eigenvalue weighted by Gasteiger charge is 2.22. The lowest BCUT2D eigenvalue weighted by Crippen LogP contribution is -2.09. The molecule has 0 spiro atoms. The molecule has 0 heterocycles. The summed E-state index contributed by atoms with van der Waals surface area (Å²) in [6.07, 6.45) is 0.203. The van der Waals surface area contributed by atoms with Crippen LogP contribution in [-0.2, 0) is 6.42 Å². The highest BCUT2D eigenvalue weighted by Crippen LogP contribution is 2.39. The van der Waals surface area contributed by atoms with Crippen molar-refractivity contribution in [1.82, 2.24) is 0 Å². The zero-order valence-electron chi connectivity index (χ0n) is 12.9. The first kappa shape index (κ1) is 16.1. The largest absolute Gasteiger partial charge is 0.496 e. The summed E-state index contributed by atoms with van der Waals surface area (Å²) in [4.78, 5) is 0. The number of halogens is 1. The molecule has 0 saturated heterocycles. The number of ether oxygens (including phenoxy) is 1. The number of aliphatic hydroxyl groups is 1. The Morgan fingerprint density at radius 2 is 1.90 bits per heavy atom. The lowest BCUT2D eigenvalue weighted by molar-refractivity contribution is 0.212. The average Bonchev–Trinajstić information content (AvgIpc) is 2.49. The van der Waals surface area contributed by atoms with Gasteiger partial charge in [-0.2, -0.15) is 0 Å². The van der Waals surface area contributed by atoms with Crippen LogP contribution >= 0.6 is 15.9 Å². The highest BCUT2D eigenvalue weighted by atomic mass is 79.9. The number of methoxy groups -OCH3 is 1. The predicted molar refractivity (Wildman–Crippen MR) is 90.0 cm³/mol. The minimum absolute atomic E-state index is 0.688. The zero-order valence-corrected chi connectivity index (χ0v) is 14.5. The molecule has 2 aromatic carbocycles. The van der Waals surface area contributed by atoms with Crippen LogP contribution in [0.5, 0.6) is 5.75 Å². The minimum Gasteiger partial charge on any atom is -0.496 e. The van der Waals surface area contributed by atoms with Gasteiger partial charge in [-0.3, -0.25) is 0 Å². The summed E-state index contributed by atoms with van der Waals surface area (Å²) >= 11 is 3.57. The Balaban J connectivity index is 2.65. The Labute approximate surface area is 134 Å². The van der Waals surface area contributed by atoms with Gasteiger partial charge in [0.15, 0.2) is 0 Å². The minimum atomic E-state index is -0.688. The van der Waals surface area contributed by atoms with Crippen molar-refractivity contribution in [1.29, 1.82) is 0 Å². The molecular weight excluding hydrogens is 328 g/mol. The van der Waals surface area contributed by atoms with Crippen molar-refractivity contribution in [3.63, 3.8) is 0 Å². The fourth-order valence-electron chi connectivity index (χ4n) is 2.75. The van der Waals surface area contributed by atoms with Gasteiger partial charge in [0.05, 0.1) is 7.11 Å². The van der Waals surface area contributed by atoms with Gasteiger partial charge in [0.25, 0.3) is 0 Å². The number of hydrogen-bond donors (Lipinski definition) is 1. The second-order valence-electron chi connectivity index (χ2n) is 5.20. The van der Waals surface area contributed by atoms with Crippen molar-refractivity contribution in [3.8, 4) is 5.75 Å². The standard InChI is InChI=1S/C18H21BrO2/c1-5-13-8-6-7-9-14(13)17(20)16-12(3)15(19)10-11(2)18(16)21-4/h6-10,17,20H,5H2,1-4H3. The molecule has 0 saturated carbocycles. The van der Waals surface area contributed by atoms with Gasteiger partial charge in [0, 0.05) is 10.0 Å². The molecule has 0 aliphatic rings. The van der Waals surface area contributed by atoms with Crippen LogP contribution in [-0.4, -0.2) is 12.2 Å². The number of aryl methyl sites for hydroxylation is 2. The van der Waals surface area contributed by atoms with Crippen LogP contribution in [0, 0.1) is 13.8 Å². The van der Waals surface area contributed by atoms with E-state index >= 15 is 0 Å². The third-order valence-electron chi connectivity index (χ3n) is 3.92. The molecular formula is C18H21BrO2. The van der Waals surface area contributed by atoms with E-state index in [9.17, 15) is 5.11 Å². The van der Waals surface area contributed by atoms with Gasteiger partial charge in [-0.1, -0.05) is 47.1 Å². The summed E-state index contributed by atoms with van der Waals surface area (Å²) in [5, 5.41) is 10.9. The van der Waals surface area contributed by atoms with Crippen molar-refractivity contribution in [2.75, 3.05) is 7.11 Å². The smallest absolute Gasteiger partial charge is 0.128 e. The van der Waals surface area contributed by atoms with Crippen LogP contribution in [0.4, 0.5) is 0 Å². The van der Waals surface area contributed by atoms with Gasteiger partial charge in [-0.05, 0) is 48.6 Å². The van der Waals surface area contributed by atoms with Crippen LogP contribution in [0.25, 0.3) is 0 Å². The average molecular weight is 349 g/mol. The van der Waals surface area contributed by atoms with Crippen molar-refractivity contribution in [2.24, 2.45) is 0 Å². The second-order valence-corrected chi connectivity index (χ2v) is 6.06. The van der Waals surface area contributed by atoms with Crippen LogP contribution in [0.2, 0.25) is 0 Å². The van der Waals surface area contributed by atoms with Gasteiger partial charge >= 0.3 is 0 Å². The third kappa shape index (κ3) is 2.99. The lowest BCUT2D eigenvalue weighted by atomic mass is 9.91. The summed E-state index contributed by atoms with van der Waals surface area (Å²) in [6, 6.07) is 10.0. The third-order valence-corrected chi connectivity index (χ3v) is 4.74. The van der Waals surface area contributed by atoms with Crippen LogP contribution < -0.4 is 4.74 Å². The van der Waals surface area contributed by atoms with E-state index in [-0.39, 0.29) is 0 Å². The van der Waals surface area contributed by atoms with E-state index in [0.717, 1.165) is 44.5 Å². The van der Waals surface area contributed by atoms with Crippen molar-refractivity contribution in [3.05, 3.63) is 62.6 Å². The van der Waals surface area contributed by atoms with Crippen LogP contribution in [0.15, 0.2) is 34.8 Å². The first-order valence-electron chi connectivity index (χ1n) is 7.10. The predicted octanol–water partition coefficient (Wildman–Crippen LogP) is 4.72. The first-order chi connectivity index (χ1) is 10.0. The summed E-state index contributed by atoms with van der Waals surface area (Å²) in [5.74, 6) is 0.758. The molecule has 1 N–H and O–H groups in total. The lowest BCUT2D eigenvalue weighted by Gasteiger charge is -2.22. The monoisotopic (exact) mass is 348 g/mol. The second kappa shape index (κ2) is 6.63. The molecule has 2 aromatic rings. The van der Waals surface area contributed by atoms with E-state index in [1.807, 2.05) is 38.1 Å². The van der Waals surface area contributed by atoms with Gasteiger partial charge in [0.2, 0.25) is 0 Å². The number of rotatable bonds is 4. The van der Waals surface area contributed by atoms with Gasteiger partial charge in [-0.15, -0.1) is 0 Å².